The van der Waals surface area contributed by atoms with Gasteiger partial charge in [0.15, 0.2) is 0 Å². The Morgan fingerprint density at radius 3 is 2.27 bits per heavy atom. The topological polar surface area (TPSA) is 27.7 Å². The van der Waals surface area contributed by atoms with Gasteiger partial charge in [-0.1, -0.05) is 54.1 Å². The van der Waals surface area contributed by atoms with E-state index in [-0.39, 0.29) is 0 Å². The van der Waals surface area contributed by atoms with Crippen molar-refractivity contribution >= 4 is 31.2 Å². The molecule has 2 aromatic rings. The van der Waals surface area contributed by atoms with Crippen LogP contribution in [0.4, 0.5) is 0 Å². The molecule has 1 atom stereocenters. The standard InChI is InChI=1S/C17H23ClO3Si/c1-4-19-22(20-5-2,21-14(3)18)13-16-11-8-10-15-9-6-7-12-17(15)16/h6-12,14H,4-5,13H2,1-3H3. The molecule has 0 amide bonds. The highest BCUT2D eigenvalue weighted by Crippen LogP contribution is 2.25. The lowest BCUT2D eigenvalue weighted by atomic mass is 10.1. The smallest absolute Gasteiger partial charge is 0.374 e. The molecule has 5 heteroatoms. The monoisotopic (exact) mass is 338 g/mol. The van der Waals surface area contributed by atoms with E-state index in [1.165, 1.54) is 16.3 Å². The molecule has 0 saturated heterocycles. The highest BCUT2D eigenvalue weighted by atomic mass is 35.5. The van der Waals surface area contributed by atoms with E-state index < -0.39 is 14.4 Å². The first-order valence-electron chi connectivity index (χ1n) is 7.66. The number of rotatable bonds is 8. The average molecular weight is 339 g/mol. The molecule has 22 heavy (non-hydrogen) atoms. The minimum atomic E-state index is -2.85. The van der Waals surface area contributed by atoms with Gasteiger partial charge in [0.1, 0.15) is 5.56 Å². The fraction of sp³-hybridized carbons (Fsp3) is 0.412. The maximum Gasteiger partial charge on any atom is 0.506 e. The van der Waals surface area contributed by atoms with Gasteiger partial charge in [0, 0.05) is 19.3 Å². The van der Waals surface area contributed by atoms with Crippen LogP contribution in [0.2, 0.25) is 0 Å². The highest BCUT2D eigenvalue weighted by Gasteiger charge is 2.42. The number of hydrogen-bond donors (Lipinski definition) is 0. The van der Waals surface area contributed by atoms with Crippen molar-refractivity contribution in [3.63, 3.8) is 0 Å². The Morgan fingerprint density at radius 1 is 1.00 bits per heavy atom. The Labute approximate surface area is 138 Å². The van der Waals surface area contributed by atoms with Crippen LogP contribution in [-0.4, -0.2) is 27.6 Å². The zero-order chi connectivity index (χ0) is 16.0. The third-order valence-corrected chi connectivity index (χ3v) is 6.58. The molecule has 0 fully saturated rings. The number of benzene rings is 2. The molecule has 120 valence electrons. The van der Waals surface area contributed by atoms with Crippen molar-refractivity contribution in [3.05, 3.63) is 48.0 Å². The van der Waals surface area contributed by atoms with Crippen molar-refractivity contribution < 1.29 is 13.3 Å². The lowest BCUT2D eigenvalue weighted by Gasteiger charge is -2.30. The van der Waals surface area contributed by atoms with Crippen LogP contribution in [0.3, 0.4) is 0 Å². The van der Waals surface area contributed by atoms with E-state index >= 15 is 0 Å². The molecule has 0 bridgehead atoms. The summed E-state index contributed by atoms with van der Waals surface area (Å²) in [6.45, 7) is 6.78. The molecule has 0 aliphatic rings. The molecule has 2 aromatic carbocycles. The summed E-state index contributed by atoms with van der Waals surface area (Å²) in [5.74, 6) is 0. The summed E-state index contributed by atoms with van der Waals surface area (Å²) < 4.78 is 17.8. The van der Waals surface area contributed by atoms with Gasteiger partial charge in [-0.2, -0.15) is 0 Å². The van der Waals surface area contributed by atoms with Gasteiger partial charge < -0.3 is 13.3 Å². The van der Waals surface area contributed by atoms with E-state index in [1.807, 2.05) is 26.0 Å². The van der Waals surface area contributed by atoms with Crippen molar-refractivity contribution in [2.24, 2.45) is 0 Å². The Morgan fingerprint density at radius 2 is 1.64 bits per heavy atom. The van der Waals surface area contributed by atoms with Gasteiger partial charge in [-0.15, -0.1) is 0 Å². The SMILES string of the molecule is CCO[Si](Cc1cccc2ccccc12)(OCC)OC(C)Cl. The summed E-state index contributed by atoms with van der Waals surface area (Å²) in [5.41, 5.74) is 0.726. The van der Waals surface area contributed by atoms with Crippen LogP contribution in [0.1, 0.15) is 26.3 Å². The van der Waals surface area contributed by atoms with Gasteiger partial charge in [-0.3, -0.25) is 0 Å². The third kappa shape index (κ3) is 4.30. The van der Waals surface area contributed by atoms with E-state index in [0.29, 0.717) is 19.3 Å². The van der Waals surface area contributed by atoms with Crippen LogP contribution in [0.25, 0.3) is 10.8 Å². The molecule has 0 spiro atoms. The zero-order valence-corrected chi connectivity index (χ0v) is 15.1. The van der Waals surface area contributed by atoms with E-state index in [0.717, 1.165) is 0 Å². The van der Waals surface area contributed by atoms with Gasteiger partial charge in [0.25, 0.3) is 0 Å². The second-order valence-electron chi connectivity index (χ2n) is 5.02. The quantitative estimate of drug-likeness (QED) is 0.522. The minimum Gasteiger partial charge on any atom is -0.374 e. The zero-order valence-electron chi connectivity index (χ0n) is 13.3. The van der Waals surface area contributed by atoms with Gasteiger partial charge in [-0.25, -0.2) is 0 Å². The normalized spacial score (nSPS) is 13.5. The first kappa shape index (κ1) is 17.4. The molecule has 0 aliphatic heterocycles. The molecule has 3 nitrogen and oxygen atoms in total. The molecule has 0 aliphatic carbocycles. The molecule has 0 radical (unpaired) electrons. The second kappa shape index (κ2) is 8.08. The van der Waals surface area contributed by atoms with Crippen molar-refractivity contribution in [2.45, 2.75) is 32.4 Å². The van der Waals surface area contributed by atoms with Crippen LogP contribution >= 0.6 is 11.6 Å². The molecule has 0 saturated carbocycles. The van der Waals surface area contributed by atoms with Crippen LogP contribution in [0, 0.1) is 0 Å². The molecule has 0 N–H and O–H groups in total. The Balaban J connectivity index is 2.39. The van der Waals surface area contributed by atoms with E-state index in [9.17, 15) is 0 Å². The second-order valence-corrected chi connectivity index (χ2v) is 8.17. The molecular formula is C17H23ClO3Si. The van der Waals surface area contributed by atoms with Crippen molar-refractivity contribution in [3.8, 4) is 0 Å². The summed E-state index contributed by atoms with van der Waals surface area (Å²) >= 11 is 6.07. The number of fused-ring (bicyclic) bond motifs is 1. The Kier molecular flexibility index (Phi) is 6.41. The van der Waals surface area contributed by atoms with Gasteiger partial charge in [0.05, 0.1) is 0 Å². The predicted molar refractivity (Wildman–Crippen MR) is 93.1 cm³/mol. The van der Waals surface area contributed by atoms with Crippen LogP contribution < -0.4 is 0 Å². The molecule has 1 unspecified atom stereocenters. The van der Waals surface area contributed by atoms with Crippen LogP contribution in [-0.2, 0) is 19.3 Å². The predicted octanol–water partition coefficient (Wildman–Crippen LogP) is 4.53. The Hall–Kier alpha value is -0.913. The largest absolute Gasteiger partial charge is 0.506 e. The molecule has 2 rings (SSSR count). The number of alkyl halides is 1. The first-order valence-corrected chi connectivity index (χ1v) is 10.0. The summed E-state index contributed by atoms with van der Waals surface area (Å²) in [5, 5.41) is 2.40. The fourth-order valence-corrected chi connectivity index (χ4v) is 5.68. The maximum absolute atomic E-state index is 6.07. The Bertz CT molecular complexity index is 592. The molecular weight excluding hydrogens is 316 g/mol. The van der Waals surface area contributed by atoms with Crippen LogP contribution in [0.5, 0.6) is 0 Å². The summed E-state index contributed by atoms with van der Waals surface area (Å²) in [6.07, 6.45) is 0. The minimum absolute atomic E-state index is 0.445. The third-order valence-electron chi connectivity index (χ3n) is 3.36. The summed E-state index contributed by atoms with van der Waals surface area (Å²) in [7, 11) is -2.85. The van der Waals surface area contributed by atoms with E-state index in [2.05, 4.69) is 30.3 Å². The van der Waals surface area contributed by atoms with Gasteiger partial charge >= 0.3 is 8.80 Å². The van der Waals surface area contributed by atoms with Crippen LogP contribution in [0.15, 0.2) is 42.5 Å². The average Bonchev–Trinajstić information content (AvgIpc) is 2.47. The van der Waals surface area contributed by atoms with Crippen molar-refractivity contribution in [1.29, 1.82) is 0 Å². The highest BCUT2D eigenvalue weighted by molar-refractivity contribution is 6.60. The van der Waals surface area contributed by atoms with Crippen molar-refractivity contribution in [2.75, 3.05) is 13.2 Å². The summed E-state index contributed by atoms with van der Waals surface area (Å²) in [6, 6.07) is 15.2. The van der Waals surface area contributed by atoms with Gasteiger partial charge in [0.2, 0.25) is 0 Å². The lowest BCUT2D eigenvalue weighted by Crippen LogP contribution is -2.50. The maximum atomic E-state index is 6.07. The van der Waals surface area contributed by atoms with E-state index in [1.54, 1.807) is 6.92 Å². The first-order chi connectivity index (χ1) is 10.6. The number of hydrogen-bond acceptors (Lipinski definition) is 3. The van der Waals surface area contributed by atoms with Gasteiger partial charge in [-0.05, 0) is 37.1 Å². The van der Waals surface area contributed by atoms with E-state index in [4.69, 9.17) is 24.9 Å². The molecule has 0 heterocycles. The molecule has 0 aromatic heterocycles. The lowest BCUT2D eigenvalue weighted by molar-refractivity contribution is 0.0601. The number of halogens is 1. The summed E-state index contributed by atoms with van der Waals surface area (Å²) in [4.78, 5) is 0. The fourth-order valence-electron chi connectivity index (χ4n) is 2.62. The van der Waals surface area contributed by atoms with Crippen molar-refractivity contribution in [1.82, 2.24) is 0 Å².